The first-order chi connectivity index (χ1) is 20.1. The highest BCUT2D eigenvalue weighted by atomic mass is 19.2. The maximum atomic E-state index is 13.8. The molecule has 4 aromatic rings. The van der Waals surface area contributed by atoms with Crippen molar-refractivity contribution < 1.29 is 33.0 Å². The van der Waals surface area contributed by atoms with E-state index in [1.807, 2.05) is 53.7 Å². The predicted molar refractivity (Wildman–Crippen MR) is 161 cm³/mol. The predicted octanol–water partition coefficient (Wildman–Crippen LogP) is 7.22. The number of halogens is 2. The van der Waals surface area contributed by atoms with Crippen LogP contribution < -0.4 is 4.74 Å². The first-order valence-electron chi connectivity index (χ1n) is 14.1. The molecule has 222 valence electrons. The zero-order valence-corrected chi connectivity index (χ0v) is 25.0. The van der Waals surface area contributed by atoms with Gasteiger partial charge in [-0.1, -0.05) is 71.9 Å². The number of Topliss-reactive ketones (excluding diaryl/α,β-unsaturated/α-hetero) is 1. The number of aromatic hydroxyl groups is 1. The van der Waals surface area contributed by atoms with Gasteiger partial charge < -0.3 is 9.84 Å². The highest BCUT2D eigenvalue weighted by Crippen LogP contribution is 2.40. The standard InChI is InChI=1S/C35H33F2NO5/c1-34(2,3)22-14-18(15-23(33(22)42)35(4,5)6)10-13-28(39)43-27-9-7-8-19-11-12-26(38-30(19)27)29-31(40)20-16-24(36)25(37)17-21(20)32(29)41/h7-9,11-12,14-17,29,42H,10,13H2,1-6H3/p+1. The second-order valence-corrected chi connectivity index (χ2v) is 13.1. The molecule has 8 heteroatoms. The Balaban J connectivity index is 1.40. The zero-order chi connectivity index (χ0) is 31.4. The molecule has 6 nitrogen and oxygen atoms in total. The van der Waals surface area contributed by atoms with Crippen LogP contribution >= 0.6 is 0 Å². The Morgan fingerprint density at radius 1 is 0.930 bits per heavy atom. The van der Waals surface area contributed by atoms with Crippen molar-refractivity contribution in [3.05, 3.63) is 99.7 Å². The third-order valence-electron chi connectivity index (χ3n) is 7.77. The van der Waals surface area contributed by atoms with Gasteiger partial charge in [-0.2, -0.15) is 0 Å². The molecule has 1 heterocycles. The fourth-order valence-corrected chi connectivity index (χ4v) is 5.45. The number of aromatic nitrogens is 1. The molecule has 0 saturated carbocycles. The van der Waals surface area contributed by atoms with E-state index in [9.17, 15) is 28.3 Å². The summed E-state index contributed by atoms with van der Waals surface area (Å²) in [6.45, 7) is 12.2. The summed E-state index contributed by atoms with van der Waals surface area (Å²) >= 11 is 0. The number of pyridine rings is 1. The molecule has 1 aliphatic carbocycles. The lowest BCUT2D eigenvalue weighted by Crippen LogP contribution is -2.18. The number of hydrogen-bond donors (Lipinski definition) is 1. The number of nitrogens with zero attached hydrogens (tertiary/aromatic N) is 1. The summed E-state index contributed by atoms with van der Waals surface area (Å²) in [6, 6.07) is 13.7. The number of para-hydroxylation sites is 1. The molecule has 43 heavy (non-hydrogen) atoms. The van der Waals surface area contributed by atoms with Crippen molar-refractivity contribution in [2.45, 2.75) is 71.1 Å². The van der Waals surface area contributed by atoms with Gasteiger partial charge in [0, 0.05) is 17.4 Å². The average molecular weight is 587 g/mol. The zero-order valence-electron chi connectivity index (χ0n) is 25.0. The van der Waals surface area contributed by atoms with Crippen LogP contribution in [0.15, 0.2) is 54.6 Å². The number of ketones is 2. The lowest BCUT2D eigenvalue weighted by atomic mass is 9.78. The Labute approximate surface area is 248 Å². The Kier molecular flexibility index (Phi) is 7.45. The van der Waals surface area contributed by atoms with Gasteiger partial charge in [0.05, 0.1) is 11.3 Å². The van der Waals surface area contributed by atoms with Crippen LogP contribution in [-0.2, 0) is 22.0 Å². The normalized spacial score (nSPS) is 15.2. The summed E-state index contributed by atoms with van der Waals surface area (Å²) in [5.74, 6) is -4.66. The molecule has 0 amide bonds. The number of benzene rings is 3. The van der Waals surface area contributed by atoms with E-state index in [4.69, 9.17) is 4.74 Å². The van der Waals surface area contributed by atoms with Crippen molar-refractivity contribution in [1.29, 1.82) is 0 Å². The summed E-state index contributed by atoms with van der Waals surface area (Å²) in [5, 5.41) is 11.6. The maximum Gasteiger partial charge on any atom is 0.341 e. The van der Waals surface area contributed by atoms with Crippen molar-refractivity contribution in [3.8, 4) is 11.5 Å². The number of hydrogen-bond acceptors (Lipinski definition) is 5. The number of carbonyl (C=O) groups excluding carboxylic acids is 3. The van der Waals surface area contributed by atoms with Crippen molar-refractivity contribution >= 4 is 28.4 Å². The number of rotatable bonds is 5. The van der Waals surface area contributed by atoms with Crippen LogP contribution in [0.2, 0.25) is 0 Å². The molecule has 0 spiro atoms. The first-order valence-corrected chi connectivity index (χ1v) is 14.1. The summed E-state index contributed by atoms with van der Waals surface area (Å²) in [4.78, 5) is 41.4. The van der Waals surface area contributed by atoms with Gasteiger partial charge in [0.15, 0.2) is 29.1 Å². The molecular weight excluding hydrogens is 552 g/mol. The third kappa shape index (κ3) is 5.66. The molecule has 2 N–H and O–H groups in total. The number of carbonyl (C=O) groups is 2. The van der Waals surface area contributed by atoms with E-state index in [1.165, 1.54) is 0 Å². The molecular formula is C35H34F2NO5+. The minimum Gasteiger partial charge on any atom is -0.507 e. The molecule has 1 unspecified atom stereocenters. The minimum absolute atomic E-state index is 0.0656. The van der Waals surface area contributed by atoms with Crippen molar-refractivity contribution in [2.24, 2.45) is 0 Å². The second kappa shape index (κ2) is 10.7. The van der Waals surface area contributed by atoms with Gasteiger partial charge in [0.1, 0.15) is 11.3 Å². The van der Waals surface area contributed by atoms with E-state index in [0.29, 0.717) is 17.3 Å². The smallest absolute Gasteiger partial charge is 0.341 e. The molecule has 0 fully saturated rings. The van der Waals surface area contributed by atoms with E-state index >= 15 is 0 Å². The number of fused-ring (bicyclic) bond motifs is 2. The highest BCUT2D eigenvalue weighted by molar-refractivity contribution is 6.29. The number of phenolic OH excluding ortho intramolecular Hbond substituents is 1. The van der Waals surface area contributed by atoms with Gasteiger partial charge in [-0.25, -0.2) is 13.8 Å². The van der Waals surface area contributed by atoms with E-state index in [0.717, 1.165) is 28.8 Å². The van der Waals surface area contributed by atoms with Gasteiger partial charge in [-0.3, -0.25) is 14.4 Å². The van der Waals surface area contributed by atoms with Crippen LogP contribution in [-0.4, -0.2) is 32.4 Å². The van der Waals surface area contributed by atoms with Crippen molar-refractivity contribution in [1.82, 2.24) is 4.98 Å². The van der Waals surface area contributed by atoms with Crippen molar-refractivity contribution in [2.75, 3.05) is 0 Å². The molecule has 5 rings (SSSR count). The molecule has 0 radical (unpaired) electrons. The molecule has 3 aromatic carbocycles. The third-order valence-corrected chi connectivity index (χ3v) is 7.77. The molecule has 0 saturated heterocycles. The first kappa shape index (κ1) is 30.0. The summed E-state index contributed by atoms with van der Waals surface area (Å²) in [7, 11) is 0. The SMILES string of the molecule is CC(C)(C)c1cc(CCC(=O)Oc2cccc3ccc(C4C(=O)c5cc(F)c(F)cc5C4=[OH+])nc23)cc(C(C)(C)C)c1O. The topological polar surface area (TPSA) is 97.9 Å². The van der Waals surface area contributed by atoms with Gasteiger partial charge in [-0.05, 0) is 58.2 Å². The summed E-state index contributed by atoms with van der Waals surface area (Å²) in [5.41, 5.74) is 2.18. The molecule has 1 atom stereocenters. The molecule has 1 aromatic heterocycles. The summed E-state index contributed by atoms with van der Waals surface area (Å²) < 4.78 is 33.4. The summed E-state index contributed by atoms with van der Waals surface area (Å²) in [6.07, 6.45) is 0.454. The van der Waals surface area contributed by atoms with Crippen LogP contribution in [0, 0.1) is 11.6 Å². The molecule has 1 aliphatic rings. The van der Waals surface area contributed by atoms with Gasteiger partial charge >= 0.3 is 11.8 Å². The number of phenols is 1. The number of esters is 1. The van der Waals surface area contributed by atoms with E-state index in [-0.39, 0.29) is 45.6 Å². The van der Waals surface area contributed by atoms with Crippen LogP contribution in [0.4, 0.5) is 8.78 Å². The Hall–Kier alpha value is -4.46. The quantitative estimate of drug-likeness (QED) is 0.115. The van der Waals surface area contributed by atoms with Crippen LogP contribution in [0.1, 0.15) is 92.2 Å². The van der Waals surface area contributed by atoms with E-state index in [2.05, 4.69) is 4.98 Å². The van der Waals surface area contributed by atoms with Gasteiger partial charge in [0.25, 0.3) is 0 Å². The monoisotopic (exact) mass is 586 g/mol. The van der Waals surface area contributed by atoms with E-state index in [1.54, 1.807) is 30.3 Å². The Morgan fingerprint density at radius 3 is 2.14 bits per heavy atom. The van der Waals surface area contributed by atoms with Gasteiger partial charge in [-0.15, -0.1) is 0 Å². The fourth-order valence-electron chi connectivity index (χ4n) is 5.45. The van der Waals surface area contributed by atoms with E-state index < -0.39 is 35.1 Å². The highest BCUT2D eigenvalue weighted by Gasteiger charge is 2.46. The van der Waals surface area contributed by atoms with Crippen LogP contribution in [0.3, 0.4) is 0 Å². The molecule has 0 bridgehead atoms. The van der Waals surface area contributed by atoms with Crippen LogP contribution in [0.25, 0.3) is 10.9 Å². The van der Waals surface area contributed by atoms with Crippen LogP contribution in [0.5, 0.6) is 11.5 Å². The van der Waals surface area contributed by atoms with Crippen molar-refractivity contribution in [3.63, 3.8) is 0 Å². The number of ether oxygens (including phenoxy) is 1. The fraction of sp³-hybridized carbons (Fsp3) is 0.314. The Bertz CT molecular complexity index is 1740. The minimum atomic E-state index is -1.24. The Morgan fingerprint density at radius 2 is 1.53 bits per heavy atom. The second-order valence-electron chi connectivity index (χ2n) is 13.1. The number of aryl methyl sites for hydroxylation is 1. The maximum absolute atomic E-state index is 13.8. The largest absolute Gasteiger partial charge is 0.507 e. The molecule has 0 aliphatic heterocycles. The average Bonchev–Trinajstić information content (AvgIpc) is 3.15. The lowest BCUT2D eigenvalue weighted by Gasteiger charge is -2.28. The lowest BCUT2D eigenvalue weighted by molar-refractivity contribution is -0.134. The van der Waals surface area contributed by atoms with Gasteiger partial charge in [0.2, 0.25) is 0 Å².